The molecule has 0 unspecified atom stereocenters. The fourth-order valence-corrected chi connectivity index (χ4v) is 3.30. The number of hydrogen-bond donors (Lipinski definition) is 2. The molecule has 104 valence electrons. The highest BCUT2D eigenvalue weighted by atomic mass is 79.9. The number of carboxylic acids is 1. The van der Waals surface area contributed by atoms with Gasteiger partial charge in [0.25, 0.3) is 5.91 Å². The maximum Gasteiger partial charge on any atom is 0.337 e. The van der Waals surface area contributed by atoms with Gasteiger partial charge >= 0.3 is 5.97 Å². The third kappa shape index (κ3) is 3.32. The molecule has 0 saturated heterocycles. The fourth-order valence-electron chi connectivity index (χ4n) is 1.48. The lowest BCUT2D eigenvalue weighted by molar-refractivity contribution is 0.0698. The van der Waals surface area contributed by atoms with Crippen molar-refractivity contribution in [2.24, 2.45) is 0 Å². The molecule has 2 rings (SSSR count). The third-order valence-corrected chi connectivity index (χ3v) is 4.46. The van der Waals surface area contributed by atoms with Gasteiger partial charge in [-0.25, -0.2) is 4.79 Å². The summed E-state index contributed by atoms with van der Waals surface area (Å²) in [6.07, 6.45) is 0. The molecular formula is C12H6BrCl2NO3S. The number of anilines is 1. The van der Waals surface area contributed by atoms with Gasteiger partial charge in [0.15, 0.2) is 0 Å². The highest BCUT2D eigenvalue weighted by Gasteiger charge is 2.18. The van der Waals surface area contributed by atoms with Gasteiger partial charge in [-0.3, -0.25) is 4.79 Å². The molecule has 0 aliphatic rings. The van der Waals surface area contributed by atoms with Gasteiger partial charge in [-0.15, -0.1) is 11.3 Å². The van der Waals surface area contributed by atoms with Gasteiger partial charge in [0.05, 0.1) is 24.9 Å². The molecule has 0 atom stereocenters. The highest BCUT2D eigenvalue weighted by molar-refractivity contribution is 9.11. The number of nitrogens with one attached hydrogen (secondary N) is 1. The highest BCUT2D eigenvalue weighted by Crippen LogP contribution is 2.31. The number of benzene rings is 1. The minimum atomic E-state index is -1.22. The second-order valence-corrected chi connectivity index (χ2v) is 6.98. The lowest BCUT2D eigenvalue weighted by Crippen LogP contribution is -2.14. The molecule has 20 heavy (non-hydrogen) atoms. The number of halogens is 3. The first-order valence-electron chi connectivity index (χ1n) is 5.17. The lowest BCUT2D eigenvalue weighted by Gasteiger charge is -2.10. The summed E-state index contributed by atoms with van der Waals surface area (Å²) in [4.78, 5) is 23.6. The summed E-state index contributed by atoms with van der Waals surface area (Å²) < 4.78 is 0.795. The van der Waals surface area contributed by atoms with E-state index in [1.165, 1.54) is 23.5 Å². The van der Waals surface area contributed by atoms with Crippen LogP contribution in [0, 0.1) is 0 Å². The van der Waals surface area contributed by atoms with Crippen molar-refractivity contribution < 1.29 is 14.7 Å². The SMILES string of the molecule is O=C(Nc1c(Cl)cc(Cl)cc1C(=O)O)c1ccc(Br)s1. The minimum Gasteiger partial charge on any atom is -0.478 e. The molecule has 1 aromatic heterocycles. The zero-order chi connectivity index (χ0) is 14.9. The number of carbonyl (C=O) groups is 2. The Morgan fingerprint density at radius 1 is 1.25 bits per heavy atom. The van der Waals surface area contributed by atoms with E-state index in [-0.39, 0.29) is 21.3 Å². The maximum atomic E-state index is 12.0. The molecule has 2 N–H and O–H groups in total. The average molecular weight is 395 g/mol. The Kier molecular flexibility index (Phi) is 4.70. The predicted molar refractivity (Wildman–Crippen MR) is 83.4 cm³/mol. The zero-order valence-corrected chi connectivity index (χ0v) is 13.5. The standard InChI is InChI=1S/C12H6BrCl2NO3S/c13-9-2-1-8(20-9)11(17)16-10-6(12(18)19)3-5(14)4-7(10)15/h1-4H,(H,16,17)(H,18,19). The topological polar surface area (TPSA) is 66.4 Å². The minimum absolute atomic E-state index is 0.0260. The lowest BCUT2D eigenvalue weighted by atomic mass is 10.1. The van der Waals surface area contributed by atoms with E-state index < -0.39 is 11.9 Å². The van der Waals surface area contributed by atoms with E-state index >= 15 is 0 Å². The Morgan fingerprint density at radius 2 is 1.95 bits per heavy atom. The third-order valence-electron chi connectivity index (χ3n) is 2.32. The Balaban J connectivity index is 2.38. The quantitative estimate of drug-likeness (QED) is 0.787. The van der Waals surface area contributed by atoms with Crippen molar-refractivity contribution in [3.05, 3.63) is 48.5 Å². The first-order chi connectivity index (χ1) is 9.38. The molecule has 0 aliphatic carbocycles. The molecule has 0 saturated carbocycles. The van der Waals surface area contributed by atoms with Gasteiger partial charge in [0.1, 0.15) is 0 Å². The maximum absolute atomic E-state index is 12.0. The van der Waals surface area contributed by atoms with Crippen molar-refractivity contribution in [3.63, 3.8) is 0 Å². The summed E-state index contributed by atoms with van der Waals surface area (Å²) in [6.45, 7) is 0. The van der Waals surface area contributed by atoms with Gasteiger partial charge in [-0.05, 0) is 40.2 Å². The molecule has 1 aromatic carbocycles. The van der Waals surface area contributed by atoms with E-state index in [1.54, 1.807) is 12.1 Å². The molecule has 4 nitrogen and oxygen atoms in total. The molecule has 8 heteroatoms. The van der Waals surface area contributed by atoms with E-state index in [4.69, 9.17) is 28.3 Å². The largest absolute Gasteiger partial charge is 0.478 e. The number of amides is 1. The van der Waals surface area contributed by atoms with Crippen molar-refractivity contribution >= 4 is 68.0 Å². The van der Waals surface area contributed by atoms with Crippen LogP contribution in [0.2, 0.25) is 10.0 Å². The molecule has 1 heterocycles. The van der Waals surface area contributed by atoms with Crippen LogP contribution in [-0.4, -0.2) is 17.0 Å². The summed E-state index contributed by atoms with van der Waals surface area (Å²) in [5, 5.41) is 11.9. The number of aromatic carboxylic acids is 1. The van der Waals surface area contributed by atoms with Gasteiger partial charge in [0.2, 0.25) is 0 Å². The summed E-state index contributed by atoms with van der Waals surface area (Å²) in [5.74, 6) is -1.66. The van der Waals surface area contributed by atoms with E-state index in [9.17, 15) is 9.59 Å². The van der Waals surface area contributed by atoms with E-state index in [1.807, 2.05) is 0 Å². The Bertz CT molecular complexity index is 702. The van der Waals surface area contributed by atoms with Crippen LogP contribution in [0.1, 0.15) is 20.0 Å². The molecule has 0 aliphatic heterocycles. The molecule has 2 aromatic rings. The van der Waals surface area contributed by atoms with Crippen LogP contribution in [0.25, 0.3) is 0 Å². The van der Waals surface area contributed by atoms with Crippen LogP contribution in [0.15, 0.2) is 28.1 Å². The van der Waals surface area contributed by atoms with Gasteiger partial charge < -0.3 is 10.4 Å². The van der Waals surface area contributed by atoms with Gasteiger partial charge in [0, 0.05) is 5.02 Å². The first kappa shape index (κ1) is 15.3. The zero-order valence-electron chi connectivity index (χ0n) is 9.62. The summed E-state index contributed by atoms with van der Waals surface area (Å²) in [6, 6.07) is 5.95. The fraction of sp³-hybridized carbons (Fsp3) is 0. The normalized spacial score (nSPS) is 10.3. The van der Waals surface area contributed by atoms with Crippen LogP contribution >= 0.6 is 50.5 Å². The van der Waals surface area contributed by atoms with Crippen molar-refractivity contribution in [2.45, 2.75) is 0 Å². The monoisotopic (exact) mass is 393 g/mol. The molecule has 0 fully saturated rings. The smallest absolute Gasteiger partial charge is 0.337 e. The van der Waals surface area contributed by atoms with Crippen molar-refractivity contribution in [1.29, 1.82) is 0 Å². The summed E-state index contributed by atoms with van der Waals surface area (Å²) in [5.41, 5.74) is -0.135. The van der Waals surface area contributed by atoms with Crippen LogP contribution in [0.4, 0.5) is 5.69 Å². The Labute approximate surface area is 136 Å². The van der Waals surface area contributed by atoms with Gasteiger partial charge in [-0.1, -0.05) is 23.2 Å². The van der Waals surface area contributed by atoms with E-state index in [0.29, 0.717) is 4.88 Å². The number of thiophene rings is 1. The molecule has 0 bridgehead atoms. The number of carbonyl (C=O) groups excluding carboxylic acids is 1. The van der Waals surface area contributed by atoms with Crippen molar-refractivity contribution in [2.75, 3.05) is 5.32 Å². The van der Waals surface area contributed by atoms with E-state index in [0.717, 1.165) is 3.79 Å². The second kappa shape index (κ2) is 6.13. The first-order valence-corrected chi connectivity index (χ1v) is 7.54. The number of rotatable bonds is 3. The van der Waals surface area contributed by atoms with Crippen molar-refractivity contribution in [3.8, 4) is 0 Å². The molecule has 0 spiro atoms. The molecular weight excluding hydrogens is 389 g/mol. The second-order valence-electron chi connectivity index (χ2n) is 3.67. The predicted octanol–water partition coefficient (Wildman–Crippen LogP) is 4.77. The average Bonchev–Trinajstić information content (AvgIpc) is 2.78. The Hall–Kier alpha value is -1.08. The van der Waals surface area contributed by atoms with Gasteiger partial charge in [-0.2, -0.15) is 0 Å². The molecule has 1 amide bonds. The van der Waals surface area contributed by atoms with Crippen LogP contribution in [0.3, 0.4) is 0 Å². The van der Waals surface area contributed by atoms with Crippen LogP contribution in [-0.2, 0) is 0 Å². The summed E-state index contributed by atoms with van der Waals surface area (Å²) in [7, 11) is 0. The molecule has 0 radical (unpaired) electrons. The van der Waals surface area contributed by atoms with Crippen LogP contribution < -0.4 is 5.32 Å². The number of hydrogen-bond acceptors (Lipinski definition) is 3. The Morgan fingerprint density at radius 3 is 2.50 bits per heavy atom. The van der Waals surface area contributed by atoms with Crippen LogP contribution in [0.5, 0.6) is 0 Å². The van der Waals surface area contributed by atoms with E-state index in [2.05, 4.69) is 21.2 Å². The summed E-state index contributed by atoms with van der Waals surface area (Å²) >= 11 is 16.2. The van der Waals surface area contributed by atoms with Crippen molar-refractivity contribution in [1.82, 2.24) is 0 Å². The number of carboxylic acid groups (broad SMARTS) is 1.